The van der Waals surface area contributed by atoms with Crippen LogP contribution in [0.3, 0.4) is 0 Å². The van der Waals surface area contributed by atoms with Crippen molar-refractivity contribution in [1.29, 1.82) is 0 Å². The minimum absolute atomic E-state index is 0.770. The number of aromatic nitrogens is 1. The zero-order valence-electron chi connectivity index (χ0n) is 34.8. The van der Waals surface area contributed by atoms with E-state index in [2.05, 4.69) is 218 Å². The van der Waals surface area contributed by atoms with Gasteiger partial charge in [0.2, 0.25) is 0 Å². The van der Waals surface area contributed by atoms with Crippen LogP contribution in [0.5, 0.6) is 0 Å². The van der Waals surface area contributed by atoms with Crippen molar-refractivity contribution in [1.82, 2.24) is 4.57 Å². The topological polar surface area (TPSA) is 30.4 Å². The smallest absolute Gasteiger partial charge is 0.137 e. The Labute approximate surface area is 364 Å². The Kier molecular flexibility index (Phi) is 8.38. The SMILES string of the molecule is C=C(/C=C(\N=C(C)c1cccc2ccccc12)c1cc2c(cc1-n1c3ccccc3c3cc4ccccc4cc31)oc1cc3ccccc3cc12)C(=C)c1ccc2ccccc2c1. The van der Waals surface area contributed by atoms with Gasteiger partial charge < -0.3 is 8.98 Å². The maximum atomic E-state index is 6.84. The van der Waals surface area contributed by atoms with Gasteiger partial charge in [-0.05, 0) is 115 Å². The molecule has 0 saturated carbocycles. The van der Waals surface area contributed by atoms with E-state index in [-0.39, 0.29) is 0 Å². The monoisotopic (exact) mass is 804 g/mol. The fourth-order valence-corrected chi connectivity index (χ4v) is 9.57. The molecule has 0 aliphatic rings. The normalized spacial score (nSPS) is 12.5. The number of rotatable bonds is 7. The van der Waals surface area contributed by atoms with Crippen molar-refractivity contribution in [3.63, 3.8) is 0 Å². The van der Waals surface area contributed by atoms with E-state index in [9.17, 15) is 0 Å². The number of benzene rings is 10. The zero-order valence-corrected chi connectivity index (χ0v) is 34.8. The fourth-order valence-electron chi connectivity index (χ4n) is 9.57. The summed E-state index contributed by atoms with van der Waals surface area (Å²) in [6.45, 7) is 11.4. The molecule has 296 valence electrons. The minimum Gasteiger partial charge on any atom is -0.456 e. The standard InChI is InChI=1S/C60H40N2O/c1-37(38(2)42-28-27-40-15-4-5-17-43(40)30-42)29-55(61-39(3)48-25-14-22-41-16-10-11-23-49(41)48)54-35-53-52-32-45-19-7-9-21-47(45)34-59(52)63-60(53)36-58(54)62-56-26-13-12-24-50(56)51-31-44-18-6-8-20-46(44)33-57(51)62/h4-36H,1-2H2,3H3/b55-29-,61-39?. The maximum Gasteiger partial charge on any atom is 0.137 e. The molecule has 0 aliphatic carbocycles. The van der Waals surface area contributed by atoms with Crippen LogP contribution in [0.1, 0.15) is 23.6 Å². The lowest BCUT2D eigenvalue weighted by atomic mass is 9.95. The summed E-state index contributed by atoms with van der Waals surface area (Å²) in [4.78, 5) is 5.67. The number of aliphatic imine (C=N–C) groups is 1. The molecule has 0 atom stereocenters. The third kappa shape index (κ3) is 6.08. The highest BCUT2D eigenvalue weighted by Gasteiger charge is 2.22. The molecule has 0 bridgehead atoms. The molecule has 0 aliphatic heterocycles. The number of allylic oxidation sites excluding steroid dienone is 3. The van der Waals surface area contributed by atoms with Gasteiger partial charge in [0.25, 0.3) is 0 Å². The van der Waals surface area contributed by atoms with Gasteiger partial charge in [-0.2, -0.15) is 0 Å². The first kappa shape index (κ1) is 36.6. The Morgan fingerprint density at radius 2 is 1.03 bits per heavy atom. The van der Waals surface area contributed by atoms with Crippen molar-refractivity contribution in [3.05, 3.63) is 236 Å². The zero-order chi connectivity index (χ0) is 42.2. The summed E-state index contributed by atoms with van der Waals surface area (Å²) in [5.41, 5.74) is 11.1. The van der Waals surface area contributed by atoms with Crippen LogP contribution in [0, 0.1) is 0 Å². The first-order chi connectivity index (χ1) is 30.9. The van der Waals surface area contributed by atoms with Gasteiger partial charge in [0.1, 0.15) is 11.2 Å². The summed E-state index contributed by atoms with van der Waals surface area (Å²) in [5.74, 6) is 0. The van der Waals surface area contributed by atoms with E-state index in [0.29, 0.717) is 0 Å². The average Bonchev–Trinajstić information content (AvgIpc) is 3.84. The lowest BCUT2D eigenvalue weighted by Crippen LogP contribution is -2.02. The lowest BCUT2D eigenvalue weighted by molar-refractivity contribution is 0.669. The van der Waals surface area contributed by atoms with Crippen LogP contribution in [-0.4, -0.2) is 10.3 Å². The lowest BCUT2D eigenvalue weighted by Gasteiger charge is -2.17. The molecule has 2 aromatic heterocycles. The van der Waals surface area contributed by atoms with Gasteiger partial charge in [-0.25, -0.2) is 0 Å². The molecule has 10 aromatic carbocycles. The van der Waals surface area contributed by atoms with Gasteiger partial charge in [-0.3, -0.25) is 4.99 Å². The van der Waals surface area contributed by atoms with E-state index in [1.165, 1.54) is 32.3 Å². The third-order valence-electron chi connectivity index (χ3n) is 12.8. The number of nitrogens with zero attached hydrogens (tertiary/aromatic N) is 2. The molecule has 0 spiro atoms. The highest BCUT2D eigenvalue weighted by Crippen LogP contribution is 2.42. The van der Waals surface area contributed by atoms with Gasteiger partial charge in [0.05, 0.1) is 22.4 Å². The highest BCUT2D eigenvalue weighted by atomic mass is 16.3. The quantitative estimate of drug-likeness (QED) is 0.117. The summed E-state index contributed by atoms with van der Waals surface area (Å²) in [6, 6.07) is 69.2. The molecule has 0 saturated heterocycles. The van der Waals surface area contributed by atoms with Gasteiger partial charge in [0, 0.05) is 44.4 Å². The van der Waals surface area contributed by atoms with Crippen LogP contribution >= 0.6 is 0 Å². The Bertz CT molecular complexity index is 3960. The number of fused-ring (bicyclic) bond motifs is 10. The molecule has 0 unspecified atom stereocenters. The Morgan fingerprint density at radius 1 is 0.460 bits per heavy atom. The molecule has 0 amide bonds. The van der Waals surface area contributed by atoms with Crippen LogP contribution in [0.4, 0.5) is 0 Å². The summed E-state index contributed by atoms with van der Waals surface area (Å²) in [6.07, 6.45) is 2.12. The summed E-state index contributed by atoms with van der Waals surface area (Å²) in [5, 5.41) is 13.8. The highest BCUT2D eigenvalue weighted by molar-refractivity contribution is 6.17. The second kappa shape index (κ2) is 14.4. The molecule has 0 fully saturated rings. The summed E-state index contributed by atoms with van der Waals surface area (Å²) < 4.78 is 9.23. The van der Waals surface area contributed by atoms with Crippen LogP contribution in [-0.2, 0) is 0 Å². The van der Waals surface area contributed by atoms with Crippen LogP contribution in [0.25, 0.3) is 104 Å². The van der Waals surface area contributed by atoms with E-state index in [1.807, 2.05) is 0 Å². The van der Waals surface area contributed by atoms with Crippen LogP contribution in [0.15, 0.2) is 228 Å². The van der Waals surface area contributed by atoms with Crippen molar-refractivity contribution < 1.29 is 4.42 Å². The molecule has 3 heteroatoms. The van der Waals surface area contributed by atoms with Crippen molar-refractivity contribution in [2.24, 2.45) is 4.99 Å². The second-order valence-corrected chi connectivity index (χ2v) is 16.6. The van der Waals surface area contributed by atoms with Crippen molar-refractivity contribution >= 4 is 104 Å². The number of hydrogen-bond acceptors (Lipinski definition) is 2. The summed E-state index contributed by atoms with van der Waals surface area (Å²) in [7, 11) is 0. The van der Waals surface area contributed by atoms with Gasteiger partial charge in [-0.15, -0.1) is 0 Å². The van der Waals surface area contributed by atoms with Gasteiger partial charge in [0.15, 0.2) is 0 Å². The first-order valence-electron chi connectivity index (χ1n) is 21.4. The van der Waals surface area contributed by atoms with E-state index in [0.717, 1.165) is 99.4 Å². The van der Waals surface area contributed by atoms with Crippen molar-refractivity contribution in [3.8, 4) is 5.69 Å². The predicted molar refractivity (Wildman–Crippen MR) is 269 cm³/mol. The Hall–Kier alpha value is -8.27. The van der Waals surface area contributed by atoms with Crippen molar-refractivity contribution in [2.75, 3.05) is 0 Å². The fraction of sp³-hybridized carbons (Fsp3) is 0.0167. The molecule has 2 heterocycles. The van der Waals surface area contributed by atoms with Crippen LogP contribution < -0.4 is 0 Å². The van der Waals surface area contributed by atoms with E-state index in [4.69, 9.17) is 16.0 Å². The molecule has 63 heavy (non-hydrogen) atoms. The molecule has 0 radical (unpaired) electrons. The molecular formula is C60H40N2O. The number of para-hydroxylation sites is 1. The minimum atomic E-state index is 0.770. The third-order valence-corrected chi connectivity index (χ3v) is 12.8. The van der Waals surface area contributed by atoms with Crippen molar-refractivity contribution in [2.45, 2.75) is 6.92 Å². The second-order valence-electron chi connectivity index (χ2n) is 16.6. The van der Waals surface area contributed by atoms with Gasteiger partial charge in [-0.1, -0.05) is 159 Å². The number of furan rings is 1. The maximum absolute atomic E-state index is 6.84. The van der Waals surface area contributed by atoms with E-state index in [1.54, 1.807) is 0 Å². The molecule has 12 rings (SSSR count). The van der Waals surface area contributed by atoms with Gasteiger partial charge >= 0.3 is 0 Å². The predicted octanol–water partition coefficient (Wildman–Crippen LogP) is 16.4. The van der Waals surface area contributed by atoms with E-state index >= 15 is 0 Å². The largest absolute Gasteiger partial charge is 0.456 e. The Morgan fingerprint density at radius 3 is 1.79 bits per heavy atom. The Balaban J connectivity index is 1.17. The van der Waals surface area contributed by atoms with Crippen LogP contribution in [0.2, 0.25) is 0 Å². The summed E-state index contributed by atoms with van der Waals surface area (Å²) >= 11 is 0. The molecule has 3 nitrogen and oxygen atoms in total. The molecule has 12 aromatic rings. The van der Waals surface area contributed by atoms with E-state index < -0.39 is 0 Å². The average molecular weight is 805 g/mol. The molecular weight excluding hydrogens is 765 g/mol. The molecule has 0 N–H and O–H groups in total. The first-order valence-corrected chi connectivity index (χ1v) is 21.4. The number of hydrogen-bond donors (Lipinski definition) is 0.